The highest BCUT2D eigenvalue weighted by Gasteiger charge is 2.10. The van der Waals surface area contributed by atoms with E-state index in [0.29, 0.717) is 13.1 Å². The van der Waals surface area contributed by atoms with E-state index in [1.807, 2.05) is 35.2 Å². The maximum Gasteiger partial charge on any atom is 0.150 e. The smallest absolute Gasteiger partial charge is 0.150 e. The lowest BCUT2D eigenvalue weighted by molar-refractivity contribution is 0.153. The zero-order valence-electron chi connectivity index (χ0n) is 9.84. The first-order chi connectivity index (χ1) is 8.31. The lowest BCUT2D eigenvalue weighted by atomic mass is 10.3. The van der Waals surface area contributed by atoms with Gasteiger partial charge in [-0.3, -0.25) is 0 Å². The minimum absolute atomic E-state index is 0.386. The molecule has 0 aromatic carbocycles. The Morgan fingerprint density at radius 3 is 3.18 bits per heavy atom. The first kappa shape index (κ1) is 12.3. The fourth-order valence-electron chi connectivity index (χ4n) is 1.69. The Hall–Kier alpha value is -1.17. The monoisotopic (exact) mass is 251 g/mol. The standard InChI is InChI=1S/C12H17N3OS/c1-2-13-8-10(16)9-15-6-5-14-12(15)11-4-3-7-17-11/h3-7,10,13,16H,2,8-9H2,1H3. The molecule has 0 aliphatic heterocycles. The molecule has 17 heavy (non-hydrogen) atoms. The van der Waals surface area contributed by atoms with Crippen molar-refractivity contribution in [3.05, 3.63) is 29.9 Å². The van der Waals surface area contributed by atoms with Gasteiger partial charge in [0.15, 0.2) is 0 Å². The molecule has 2 aromatic heterocycles. The van der Waals surface area contributed by atoms with Crippen molar-refractivity contribution < 1.29 is 5.11 Å². The Kier molecular flexibility index (Phi) is 4.30. The lowest BCUT2D eigenvalue weighted by Crippen LogP contribution is -2.30. The summed E-state index contributed by atoms with van der Waals surface area (Å²) in [6.45, 7) is 4.08. The van der Waals surface area contributed by atoms with Crippen molar-refractivity contribution in [2.45, 2.75) is 19.6 Å². The Morgan fingerprint density at radius 2 is 2.47 bits per heavy atom. The number of imidazole rings is 1. The van der Waals surface area contributed by atoms with Gasteiger partial charge in [-0.05, 0) is 18.0 Å². The predicted octanol–water partition coefficient (Wildman–Crippen LogP) is 1.58. The molecule has 1 atom stereocenters. The van der Waals surface area contributed by atoms with Crippen LogP contribution in [0.5, 0.6) is 0 Å². The van der Waals surface area contributed by atoms with Gasteiger partial charge in [0.05, 0.1) is 17.5 Å². The second kappa shape index (κ2) is 5.95. The first-order valence-electron chi connectivity index (χ1n) is 5.75. The molecule has 2 heterocycles. The molecule has 0 aliphatic rings. The number of nitrogens with zero attached hydrogens (tertiary/aromatic N) is 2. The van der Waals surface area contributed by atoms with Crippen LogP contribution in [0.3, 0.4) is 0 Å². The van der Waals surface area contributed by atoms with E-state index in [9.17, 15) is 5.11 Å². The summed E-state index contributed by atoms with van der Waals surface area (Å²) in [6, 6.07) is 4.05. The van der Waals surface area contributed by atoms with Gasteiger partial charge in [0.1, 0.15) is 5.82 Å². The van der Waals surface area contributed by atoms with Crippen LogP contribution in [0, 0.1) is 0 Å². The molecule has 2 rings (SSSR count). The van der Waals surface area contributed by atoms with Crippen molar-refractivity contribution in [2.24, 2.45) is 0 Å². The highest BCUT2D eigenvalue weighted by Crippen LogP contribution is 2.22. The van der Waals surface area contributed by atoms with Crippen LogP contribution < -0.4 is 5.32 Å². The minimum Gasteiger partial charge on any atom is -0.390 e. The van der Waals surface area contributed by atoms with Gasteiger partial charge in [0, 0.05) is 18.9 Å². The van der Waals surface area contributed by atoms with Crippen molar-refractivity contribution in [3.63, 3.8) is 0 Å². The third kappa shape index (κ3) is 3.15. The van der Waals surface area contributed by atoms with E-state index < -0.39 is 0 Å². The first-order valence-corrected chi connectivity index (χ1v) is 6.63. The minimum atomic E-state index is -0.386. The average molecular weight is 251 g/mol. The number of aliphatic hydroxyl groups excluding tert-OH is 1. The van der Waals surface area contributed by atoms with E-state index in [4.69, 9.17) is 0 Å². The van der Waals surface area contributed by atoms with Gasteiger partial charge in [0.25, 0.3) is 0 Å². The van der Waals surface area contributed by atoms with Gasteiger partial charge < -0.3 is 15.0 Å². The molecule has 0 amide bonds. The number of likely N-dealkylation sites (N-methyl/N-ethyl adjacent to an activating group) is 1. The second-order valence-corrected chi connectivity index (χ2v) is 4.79. The highest BCUT2D eigenvalue weighted by atomic mass is 32.1. The van der Waals surface area contributed by atoms with Gasteiger partial charge >= 0.3 is 0 Å². The Morgan fingerprint density at radius 1 is 1.59 bits per heavy atom. The van der Waals surface area contributed by atoms with Crippen LogP contribution in [0.15, 0.2) is 29.9 Å². The number of hydrogen-bond acceptors (Lipinski definition) is 4. The quantitative estimate of drug-likeness (QED) is 0.819. The molecule has 0 spiro atoms. The van der Waals surface area contributed by atoms with Gasteiger partial charge in [-0.15, -0.1) is 11.3 Å². The van der Waals surface area contributed by atoms with E-state index in [1.165, 1.54) is 0 Å². The maximum atomic E-state index is 9.87. The fraction of sp³-hybridized carbons (Fsp3) is 0.417. The average Bonchev–Trinajstić information content (AvgIpc) is 2.95. The molecule has 0 bridgehead atoms. The molecule has 1 unspecified atom stereocenters. The van der Waals surface area contributed by atoms with Crippen LogP contribution in [0.2, 0.25) is 0 Å². The molecule has 0 saturated carbocycles. The molecule has 0 fully saturated rings. The highest BCUT2D eigenvalue weighted by molar-refractivity contribution is 7.13. The van der Waals surface area contributed by atoms with E-state index in [1.54, 1.807) is 17.5 Å². The van der Waals surface area contributed by atoms with E-state index in [2.05, 4.69) is 10.3 Å². The Balaban J connectivity index is 2.04. The summed E-state index contributed by atoms with van der Waals surface area (Å²) in [6.07, 6.45) is 3.29. The molecule has 2 aromatic rings. The molecular formula is C12H17N3OS. The van der Waals surface area contributed by atoms with Crippen LogP contribution in [-0.2, 0) is 6.54 Å². The van der Waals surface area contributed by atoms with Gasteiger partial charge in [-0.1, -0.05) is 13.0 Å². The van der Waals surface area contributed by atoms with Gasteiger partial charge in [0.2, 0.25) is 0 Å². The predicted molar refractivity (Wildman–Crippen MR) is 70.1 cm³/mol. The SMILES string of the molecule is CCNCC(O)Cn1ccnc1-c1cccs1. The van der Waals surface area contributed by atoms with Crippen molar-refractivity contribution in [2.75, 3.05) is 13.1 Å². The van der Waals surface area contributed by atoms with Crippen molar-refractivity contribution in [3.8, 4) is 10.7 Å². The number of rotatable bonds is 6. The maximum absolute atomic E-state index is 9.87. The molecule has 0 radical (unpaired) electrons. The topological polar surface area (TPSA) is 50.1 Å². The van der Waals surface area contributed by atoms with Crippen LogP contribution in [-0.4, -0.2) is 33.9 Å². The van der Waals surface area contributed by atoms with Crippen LogP contribution in [0.4, 0.5) is 0 Å². The second-order valence-electron chi connectivity index (χ2n) is 3.84. The van der Waals surface area contributed by atoms with Crippen molar-refractivity contribution in [1.29, 1.82) is 0 Å². The summed E-state index contributed by atoms with van der Waals surface area (Å²) in [5.41, 5.74) is 0. The molecule has 0 saturated heterocycles. The Labute approximate surface area is 105 Å². The number of thiophene rings is 1. The molecule has 0 aliphatic carbocycles. The normalized spacial score (nSPS) is 12.8. The summed E-state index contributed by atoms with van der Waals surface area (Å²) in [7, 11) is 0. The van der Waals surface area contributed by atoms with Crippen molar-refractivity contribution >= 4 is 11.3 Å². The molecule has 92 valence electrons. The largest absolute Gasteiger partial charge is 0.390 e. The molecule has 5 heteroatoms. The molecule has 4 nitrogen and oxygen atoms in total. The summed E-state index contributed by atoms with van der Waals surface area (Å²) in [5, 5.41) is 15.0. The van der Waals surface area contributed by atoms with E-state index >= 15 is 0 Å². The van der Waals surface area contributed by atoms with Crippen LogP contribution >= 0.6 is 11.3 Å². The summed E-state index contributed by atoms with van der Waals surface area (Å²) < 4.78 is 1.99. The van der Waals surface area contributed by atoms with Crippen molar-refractivity contribution in [1.82, 2.24) is 14.9 Å². The summed E-state index contributed by atoms with van der Waals surface area (Å²) in [4.78, 5) is 5.46. The zero-order valence-corrected chi connectivity index (χ0v) is 10.7. The third-order valence-corrected chi connectivity index (χ3v) is 3.36. The van der Waals surface area contributed by atoms with Gasteiger partial charge in [-0.2, -0.15) is 0 Å². The Bertz CT molecular complexity index is 438. The summed E-state index contributed by atoms with van der Waals surface area (Å²) in [5.74, 6) is 0.926. The number of aromatic nitrogens is 2. The summed E-state index contributed by atoms with van der Waals surface area (Å²) >= 11 is 1.66. The lowest BCUT2D eigenvalue weighted by Gasteiger charge is -2.13. The van der Waals surface area contributed by atoms with Gasteiger partial charge in [-0.25, -0.2) is 4.98 Å². The molecule has 2 N–H and O–H groups in total. The number of hydrogen-bond donors (Lipinski definition) is 2. The van der Waals surface area contributed by atoms with E-state index in [-0.39, 0.29) is 6.10 Å². The number of aliphatic hydroxyl groups is 1. The number of nitrogens with one attached hydrogen (secondary N) is 1. The van der Waals surface area contributed by atoms with E-state index in [0.717, 1.165) is 17.2 Å². The van der Waals surface area contributed by atoms with Crippen LogP contribution in [0.25, 0.3) is 10.7 Å². The zero-order chi connectivity index (χ0) is 12.1. The fourth-order valence-corrected chi connectivity index (χ4v) is 2.43. The molecular weight excluding hydrogens is 234 g/mol. The van der Waals surface area contributed by atoms with Crippen LogP contribution in [0.1, 0.15) is 6.92 Å². The third-order valence-electron chi connectivity index (χ3n) is 2.49.